The third-order valence-corrected chi connectivity index (χ3v) is 2.91. The Morgan fingerprint density at radius 3 is 1.91 bits per heavy atom. The van der Waals surface area contributed by atoms with Crippen LogP contribution in [0.1, 0.15) is 33.1 Å². The Kier molecular flexibility index (Phi) is 3.38. The highest BCUT2D eigenvalue weighted by Crippen LogP contribution is 2.36. The van der Waals surface area contributed by atoms with Crippen molar-refractivity contribution in [3.63, 3.8) is 0 Å². The van der Waals surface area contributed by atoms with Crippen molar-refractivity contribution in [2.75, 3.05) is 20.1 Å². The van der Waals surface area contributed by atoms with Gasteiger partial charge in [0.05, 0.1) is 0 Å². The first-order chi connectivity index (χ1) is 5.36. The van der Waals surface area contributed by atoms with Crippen molar-refractivity contribution in [1.29, 1.82) is 0 Å². The van der Waals surface area contributed by atoms with Gasteiger partial charge in [-0.1, -0.05) is 20.3 Å². The second kappa shape index (κ2) is 4.10. The van der Waals surface area contributed by atoms with Crippen LogP contribution in [0.5, 0.6) is 0 Å². The lowest BCUT2D eigenvalue weighted by Crippen LogP contribution is -2.14. The second-order valence-electron chi connectivity index (χ2n) is 3.67. The van der Waals surface area contributed by atoms with Crippen LogP contribution in [0.4, 0.5) is 0 Å². The summed E-state index contributed by atoms with van der Waals surface area (Å²) in [5, 5.41) is 0. The number of rotatable bonds is 0. The monoisotopic (exact) mass is 155 g/mol. The fourth-order valence-electron chi connectivity index (χ4n) is 2.47. The lowest BCUT2D eigenvalue weighted by Gasteiger charge is -2.06. The fourth-order valence-corrected chi connectivity index (χ4v) is 2.47. The van der Waals surface area contributed by atoms with Crippen molar-refractivity contribution >= 4 is 0 Å². The van der Waals surface area contributed by atoms with Crippen LogP contribution in [-0.2, 0) is 0 Å². The molecule has 11 heavy (non-hydrogen) atoms. The van der Waals surface area contributed by atoms with Crippen molar-refractivity contribution in [3.8, 4) is 0 Å². The normalized spacial score (nSPS) is 36.3. The molecule has 66 valence electrons. The van der Waals surface area contributed by atoms with Crippen molar-refractivity contribution in [3.05, 3.63) is 0 Å². The summed E-state index contributed by atoms with van der Waals surface area (Å²) < 4.78 is 0. The van der Waals surface area contributed by atoms with Crippen LogP contribution in [0.3, 0.4) is 0 Å². The molecular formula is C10H21N. The van der Waals surface area contributed by atoms with E-state index in [4.69, 9.17) is 0 Å². The molecule has 0 aromatic carbocycles. The number of likely N-dealkylation sites (tertiary alicyclic amines) is 1. The van der Waals surface area contributed by atoms with E-state index < -0.39 is 0 Å². The van der Waals surface area contributed by atoms with Gasteiger partial charge in [-0.3, -0.25) is 0 Å². The molecule has 1 heterocycles. The largest absolute Gasteiger partial charge is 0.306 e. The van der Waals surface area contributed by atoms with Crippen LogP contribution in [0, 0.1) is 11.8 Å². The zero-order valence-corrected chi connectivity index (χ0v) is 8.14. The third kappa shape index (κ3) is 1.96. The van der Waals surface area contributed by atoms with Crippen LogP contribution in [0.15, 0.2) is 0 Å². The van der Waals surface area contributed by atoms with Crippen molar-refractivity contribution in [2.45, 2.75) is 33.1 Å². The topological polar surface area (TPSA) is 3.24 Å². The molecule has 2 atom stereocenters. The summed E-state index contributed by atoms with van der Waals surface area (Å²) in [5.74, 6) is 2.16. The zero-order chi connectivity index (χ0) is 8.27. The molecule has 0 N–H and O–H groups in total. The highest BCUT2D eigenvalue weighted by Gasteiger charge is 2.33. The minimum absolute atomic E-state index is 1.08. The predicted octanol–water partition coefficient (Wildman–Crippen LogP) is 2.37. The minimum Gasteiger partial charge on any atom is -0.306 e. The van der Waals surface area contributed by atoms with Gasteiger partial charge in [-0.25, -0.2) is 0 Å². The lowest BCUT2D eigenvalue weighted by molar-refractivity contribution is 0.379. The van der Waals surface area contributed by atoms with Gasteiger partial charge in [0.25, 0.3) is 0 Å². The van der Waals surface area contributed by atoms with E-state index in [2.05, 4.69) is 11.9 Å². The first kappa shape index (κ1) is 9.05. The molecular weight excluding hydrogens is 134 g/mol. The molecule has 1 aliphatic heterocycles. The highest BCUT2D eigenvalue weighted by molar-refractivity contribution is 4.86. The standard InChI is InChI=1S/C8H15N.C2H6/c1-9-5-7-3-2-4-8(7)6-9;1-2/h7-8H,2-6H2,1H3;1-2H3. The van der Waals surface area contributed by atoms with E-state index in [9.17, 15) is 0 Å². The Morgan fingerprint density at radius 2 is 1.45 bits per heavy atom. The molecule has 2 aliphatic rings. The van der Waals surface area contributed by atoms with Crippen LogP contribution in [0.25, 0.3) is 0 Å². The first-order valence-electron chi connectivity index (χ1n) is 5.05. The summed E-state index contributed by atoms with van der Waals surface area (Å²) in [5.41, 5.74) is 0. The molecule has 2 rings (SSSR count). The third-order valence-electron chi connectivity index (χ3n) is 2.91. The highest BCUT2D eigenvalue weighted by atomic mass is 15.1. The van der Waals surface area contributed by atoms with Gasteiger partial charge >= 0.3 is 0 Å². The number of fused-ring (bicyclic) bond motifs is 1. The van der Waals surface area contributed by atoms with Gasteiger partial charge in [-0.2, -0.15) is 0 Å². The fraction of sp³-hybridized carbons (Fsp3) is 1.00. The van der Waals surface area contributed by atoms with E-state index in [0.717, 1.165) is 11.8 Å². The molecule has 1 saturated heterocycles. The quantitative estimate of drug-likeness (QED) is 0.519. The van der Waals surface area contributed by atoms with Gasteiger partial charge in [0, 0.05) is 13.1 Å². The summed E-state index contributed by atoms with van der Waals surface area (Å²) in [6.07, 6.45) is 4.52. The minimum atomic E-state index is 1.08. The molecule has 1 saturated carbocycles. The summed E-state index contributed by atoms with van der Waals surface area (Å²) >= 11 is 0. The Balaban J connectivity index is 0.000000281. The number of hydrogen-bond acceptors (Lipinski definition) is 1. The van der Waals surface area contributed by atoms with Crippen LogP contribution >= 0.6 is 0 Å². The Morgan fingerprint density at radius 1 is 1.00 bits per heavy atom. The molecule has 2 fully saturated rings. The predicted molar refractivity (Wildman–Crippen MR) is 49.7 cm³/mol. The summed E-state index contributed by atoms with van der Waals surface area (Å²) in [6, 6.07) is 0. The van der Waals surface area contributed by atoms with E-state index in [-0.39, 0.29) is 0 Å². The maximum atomic E-state index is 2.48. The Hall–Kier alpha value is -0.0400. The maximum Gasteiger partial charge on any atom is 0.000985 e. The smallest absolute Gasteiger partial charge is 0.000985 e. The van der Waals surface area contributed by atoms with Gasteiger partial charge in [-0.05, 0) is 31.7 Å². The van der Waals surface area contributed by atoms with Crippen molar-refractivity contribution in [1.82, 2.24) is 4.90 Å². The maximum absolute atomic E-state index is 2.48. The van der Waals surface area contributed by atoms with Crippen molar-refractivity contribution < 1.29 is 0 Å². The molecule has 0 spiro atoms. The lowest BCUT2D eigenvalue weighted by atomic mass is 10.0. The van der Waals surface area contributed by atoms with E-state index in [1.54, 1.807) is 0 Å². The van der Waals surface area contributed by atoms with Gasteiger partial charge < -0.3 is 4.90 Å². The van der Waals surface area contributed by atoms with Gasteiger partial charge in [-0.15, -0.1) is 0 Å². The van der Waals surface area contributed by atoms with Crippen molar-refractivity contribution in [2.24, 2.45) is 11.8 Å². The number of nitrogens with zero attached hydrogens (tertiary/aromatic N) is 1. The van der Waals surface area contributed by atoms with Gasteiger partial charge in [0.2, 0.25) is 0 Å². The average molecular weight is 155 g/mol. The van der Waals surface area contributed by atoms with E-state index in [0.29, 0.717) is 0 Å². The van der Waals surface area contributed by atoms with E-state index >= 15 is 0 Å². The average Bonchev–Trinajstić information content (AvgIpc) is 2.51. The Labute approximate surface area is 70.8 Å². The molecule has 0 bridgehead atoms. The zero-order valence-electron chi connectivity index (χ0n) is 8.14. The van der Waals surface area contributed by atoms with Crippen LogP contribution in [0.2, 0.25) is 0 Å². The molecule has 0 amide bonds. The molecule has 0 aromatic heterocycles. The van der Waals surface area contributed by atoms with Gasteiger partial charge in [0.1, 0.15) is 0 Å². The first-order valence-corrected chi connectivity index (χ1v) is 5.05. The molecule has 1 heteroatoms. The van der Waals surface area contributed by atoms with E-state index in [1.165, 1.54) is 32.4 Å². The SMILES string of the molecule is CC.CN1CC2CCCC2C1. The Bertz CT molecular complexity index is 99.4. The van der Waals surface area contributed by atoms with Crippen LogP contribution in [-0.4, -0.2) is 25.0 Å². The molecule has 1 nitrogen and oxygen atoms in total. The summed E-state index contributed by atoms with van der Waals surface area (Å²) in [4.78, 5) is 2.48. The number of hydrogen-bond donors (Lipinski definition) is 0. The molecule has 2 unspecified atom stereocenters. The molecule has 0 aromatic rings. The second-order valence-corrected chi connectivity index (χ2v) is 3.67. The molecule has 1 aliphatic carbocycles. The van der Waals surface area contributed by atoms with E-state index in [1.807, 2.05) is 13.8 Å². The van der Waals surface area contributed by atoms with Crippen LogP contribution < -0.4 is 0 Å². The summed E-state index contributed by atoms with van der Waals surface area (Å²) in [6.45, 7) is 6.76. The van der Waals surface area contributed by atoms with Gasteiger partial charge in [0.15, 0.2) is 0 Å². The molecule has 0 radical (unpaired) electrons. The summed E-state index contributed by atoms with van der Waals surface area (Å²) in [7, 11) is 2.25.